The van der Waals surface area contributed by atoms with E-state index in [1.165, 1.54) is 4.90 Å². The molecule has 1 aliphatic carbocycles. The molecule has 2 aromatic rings. The maximum absolute atomic E-state index is 14.3. The summed E-state index contributed by atoms with van der Waals surface area (Å²) < 4.78 is 41.7. The summed E-state index contributed by atoms with van der Waals surface area (Å²) in [5.74, 6) is -1.91. The number of anilines is 1. The molecule has 0 bridgehead atoms. The van der Waals surface area contributed by atoms with Crippen molar-refractivity contribution < 1.29 is 33.9 Å². The lowest BCUT2D eigenvalue weighted by Gasteiger charge is -2.22. The van der Waals surface area contributed by atoms with Crippen molar-refractivity contribution in [2.24, 2.45) is 4.99 Å². The monoisotopic (exact) mass is 642 g/mol. The molecule has 3 aliphatic rings. The Morgan fingerprint density at radius 1 is 1.00 bits per heavy atom. The average molecular weight is 643 g/mol. The lowest BCUT2D eigenvalue weighted by molar-refractivity contribution is -0.197. The van der Waals surface area contributed by atoms with Crippen molar-refractivity contribution in [3.8, 4) is 22.5 Å². The normalized spacial score (nSPS) is 14.7. The average Bonchev–Trinajstić information content (AvgIpc) is 3.41. The molecule has 0 unspecified atom stereocenters. The fourth-order valence-corrected chi connectivity index (χ4v) is 5.73. The quantitative estimate of drug-likeness (QED) is 0.108. The van der Waals surface area contributed by atoms with Crippen molar-refractivity contribution in [2.45, 2.75) is 66.2 Å². The van der Waals surface area contributed by atoms with E-state index in [1.54, 1.807) is 7.05 Å². The van der Waals surface area contributed by atoms with Crippen LogP contribution in [0.3, 0.4) is 0 Å². The SMILES string of the molecule is [2H]c1c([2H])c([2H])c(-c2c3cc(C)c(=NCC)cc-3oc3cc(NCC)c(C)cc23)c(C(=O)N(C)CCCCCC(=O)ON2C(=O)CCC2=O)c1[2H]. The van der Waals surface area contributed by atoms with Crippen molar-refractivity contribution in [1.29, 1.82) is 0 Å². The minimum Gasteiger partial charge on any atom is -0.456 e. The molecule has 2 heterocycles. The van der Waals surface area contributed by atoms with Crippen LogP contribution in [0.25, 0.3) is 33.4 Å². The lowest BCUT2D eigenvalue weighted by atomic mass is 9.89. The van der Waals surface area contributed by atoms with Crippen LogP contribution in [0.5, 0.6) is 0 Å². The number of aryl methyl sites for hydroxylation is 2. The van der Waals surface area contributed by atoms with Gasteiger partial charge in [0.25, 0.3) is 17.7 Å². The molecule has 1 fully saturated rings. The molecule has 0 atom stereocenters. The van der Waals surface area contributed by atoms with Crippen LogP contribution >= 0.6 is 0 Å². The Balaban J connectivity index is 1.53. The van der Waals surface area contributed by atoms with E-state index in [0.29, 0.717) is 65.3 Å². The van der Waals surface area contributed by atoms with Crippen LogP contribution in [0.1, 0.15) is 79.3 Å². The molecule has 0 aromatic heterocycles. The molecule has 246 valence electrons. The van der Waals surface area contributed by atoms with Crippen molar-refractivity contribution in [3.05, 3.63) is 70.5 Å². The first-order valence-electron chi connectivity index (χ1n) is 18.0. The molecule has 1 saturated heterocycles. The summed E-state index contributed by atoms with van der Waals surface area (Å²) in [5, 5.41) is 5.18. The van der Waals surface area contributed by atoms with Gasteiger partial charge >= 0.3 is 5.97 Å². The summed E-state index contributed by atoms with van der Waals surface area (Å²) in [5.41, 5.74) is 4.01. The number of unbranched alkanes of at least 4 members (excludes halogenated alkanes) is 2. The van der Waals surface area contributed by atoms with Gasteiger partial charge in [0.2, 0.25) is 0 Å². The van der Waals surface area contributed by atoms with Gasteiger partial charge in [0.05, 0.1) is 10.8 Å². The van der Waals surface area contributed by atoms with Crippen LogP contribution < -0.4 is 10.7 Å². The molecule has 0 radical (unpaired) electrons. The summed E-state index contributed by atoms with van der Waals surface area (Å²) in [4.78, 5) is 60.8. The Morgan fingerprint density at radius 2 is 1.74 bits per heavy atom. The number of carbonyl (C=O) groups excluding carboxylic acids is 4. The van der Waals surface area contributed by atoms with Crippen LogP contribution in [0.15, 0.2) is 57.8 Å². The maximum atomic E-state index is 14.3. The van der Waals surface area contributed by atoms with Crippen molar-refractivity contribution in [1.82, 2.24) is 9.96 Å². The molecule has 2 aliphatic heterocycles. The molecule has 10 nitrogen and oxygen atoms in total. The van der Waals surface area contributed by atoms with Crippen LogP contribution in [-0.4, -0.2) is 60.3 Å². The largest absolute Gasteiger partial charge is 0.456 e. The van der Waals surface area contributed by atoms with Crippen molar-refractivity contribution in [3.63, 3.8) is 0 Å². The van der Waals surface area contributed by atoms with E-state index in [2.05, 4.69) is 10.3 Å². The van der Waals surface area contributed by atoms with Crippen molar-refractivity contribution >= 4 is 40.3 Å². The van der Waals surface area contributed by atoms with Gasteiger partial charge in [0.15, 0.2) is 0 Å². The number of imide groups is 1. The number of hydrogen-bond acceptors (Lipinski definition) is 8. The Bertz CT molecular complexity index is 2080. The number of rotatable bonds is 12. The third-order valence-corrected chi connectivity index (χ3v) is 8.15. The van der Waals surface area contributed by atoms with Gasteiger partial charge in [0, 0.05) is 85.8 Å². The van der Waals surface area contributed by atoms with Gasteiger partial charge in [-0.2, -0.15) is 0 Å². The highest BCUT2D eigenvalue weighted by atomic mass is 16.7. The molecule has 3 amide bonds. The summed E-state index contributed by atoms with van der Waals surface area (Å²) >= 11 is 0. The molecule has 5 rings (SSSR count). The van der Waals surface area contributed by atoms with Gasteiger partial charge in [-0.3, -0.25) is 19.4 Å². The first-order chi connectivity index (χ1) is 24.3. The Labute approximate surface area is 280 Å². The van der Waals surface area contributed by atoms with E-state index in [1.807, 2.05) is 52.0 Å². The summed E-state index contributed by atoms with van der Waals surface area (Å²) in [6, 6.07) is 5.70. The molecule has 10 heteroatoms. The third kappa shape index (κ3) is 7.21. The van der Waals surface area contributed by atoms with Crippen LogP contribution in [0, 0.1) is 13.8 Å². The Hall–Kier alpha value is -4.99. The minimum atomic E-state index is -0.694. The van der Waals surface area contributed by atoms with Crippen LogP contribution in [-0.2, 0) is 19.2 Å². The van der Waals surface area contributed by atoms with Crippen LogP contribution in [0.2, 0.25) is 0 Å². The minimum absolute atomic E-state index is 0.0149. The highest BCUT2D eigenvalue weighted by Crippen LogP contribution is 2.43. The van der Waals surface area contributed by atoms with Crippen LogP contribution in [0.4, 0.5) is 5.69 Å². The fraction of sp³-hybridized carbons (Fsp3) is 0.378. The van der Waals surface area contributed by atoms with E-state index in [0.717, 1.165) is 22.2 Å². The third-order valence-electron chi connectivity index (χ3n) is 8.15. The zero-order chi connectivity index (χ0) is 37.1. The van der Waals surface area contributed by atoms with Gasteiger partial charge in [0.1, 0.15) is 11.3 Å². The zero-order valence-electron chi connectivity index (χ0n) is 31.5. The summed E-state index contributed by atoms with van der Waals surface area (Å²) in [6.45, 7) is 9.22. The number of nitrogens with zero attached hydrogens (tertiary/aromatic N) is 3. The predicted molar refractivity (Wildman–Crippen MR) is 181 cm³/mol. The van der Waals surface area contributed by atoms with E-state index < -0.39 is 41.8 Å². The number of hydroxylamine groups is 2. The topological polar surface area (TPSA) is 122 Å². The lowest BCUT2D eigenvalue weighted by Crippen LogP contribution is -2.32. The molecule has 2 aromatic carbocycles. The number of carbonyl (C=O) groups is 4. The Kier molecular flexibility index (Phi) is 8.79. The summed E-state index contributed by atoms with van der Waals surface area (Å²) in [7, 11) is 1.57. The second-order valence-corrected chi connectivity index (χ2v) is 11.6. The Morgan fingerprint density at radius 3 is 2.47 bits per heavy atom. The number of benzene rings is 3. The summed E-state index contributed by atoms with van der Waals surface area (Å²) in [6.07, 6.45) is 1.39. The van der Waals surface area contributed by atoms with E-state index in [4.69, 9.17) is 14.7 Å². The standard InChI is InChI=1S/C37H42N4O6/c1-6-38-29-21-31-27(19-23(29)3)36(28-20-24(4)30(39-7-2)22-32(28)46-31)25-13-10-11-14-26(25)37(45)40(5)18-12-8-9-15-35(44)47-41-33(42)16-17-34(41)43/h10-11,13-14,19-22,38H,6-9,12,15-18H2,1-5H3/i10D,11D,13D,14D. The second-order valence-electron chi connectivity index (χ2n) is 11.6. The first-order valence-corrected chi connectivity index (χ1v) is 16.0. The van der Waals surface area contributed by atoms with E-state index in [9.17, 15) is 19.2 Å². The zero-order valence-corrected chi connectivity index (χ0v) is 27.5. The van der Waals surface area contributed by atoms with Crippen molar-refractivity contribution in [2.75, 3.05) is 32.0 Å². The number of amides is 3. The predicted octanol–water partition coefficient (Wildman–Crippen LogP) is 6.41. The second kappa shape index (κ2) is 14.6. The van der Waals surface area contributed by atoms with E-state index in [-0.39, 0.29) is 43.0 Å². The fourth-order valence-electron chi connectivity index (χ4n) is 5.73. The molecular formula is C37H42N4O6. The first kappa shape index (κ1) is 28.3. The van der Waals surface area contributed by atoms with Gasteiger partial charge < -0.3 is 19.5 Å². The number of hydrogen-bond donors (Lipinski definition) is 1. The molecule has 0 saturated carbocycles. The molecular weight excluding hydrogens is 596 g/mol. The number of nitrogens with one attached hydrogen (secondary N) is 1. The van der Waals surface area contributed by atoms with E-state index >= 15 is 0 Å². The molecule has 0 spiro atoms. The van der Waals surface area contributed by atoms with Gasteiger partial charge in [-0.15, -0.1) is 5.06 Å². The van der Waals surface area contributed by atoms with Gasteiger partial charge in [-0.25, -0.2) is 4.79 Å². The maximum Gasteiger partial charge on any atom is 0.333 e. The number of fused-ring (bicyclic) bond motifs is 2. The molecule has 47 heavy (non-hydrogen) atoms. The smallest absolute Gasteiger partial charge is 0.333 e. The van der Waals surface area contributed by atoms with Gasteiger partial charge in [-0.05, 0) is 75.4 Å². The highest BCUT2D eigenvalue weighted by Gasteiger charge is 2.32. The molecule has 1 N–H and O–H groups in total. The highest BCUT2D eigenvalue weighted by molar-refractivity contribution is 6.09. The van der Waals surface area contributed by atoms with Gasteiger partial charge in [-0.1, -0.05) is 24.5 Å².